The molecule has 0 unspecified atom stereocenters. The molecule has 0 aliphatic heterocycles. The van der Waals surface area contributed by atoms with Crippen LogP contribution in [-0.2, 0) is 13.7 Å². The Bertz CT molecular complexity index is 517. The van der Waals surface area contributed by atoms with E-state index in [4.69, 9.17) is 4.74 Å². The van der Waals surface area contributed by atoms with Gasteiger partial charge in [0.15, 0.2) is 11.6 Å². The van der Waals surface area contributed by atoms with E-state index >= 15 is 0 Å². The van der Waals surface area contributed by atoms with Crippen LogP contribution in [0.5, 0.6) is 5.75 Å². The van der Waals surface area contributed by atoms with Crippen molar-refractivity contribution >= 4 is 5.78 Å². The molecule has 0 saturated carbocycles. The molecule has 2 aromatic rings. The van der Waals surface area contributed by atoms with Crippen molar-refractivity contribution in [3.05, 3.63) is 42.0 Å². The first-order valence-corrected chi connectivity index (χ1v) is 5.23. The second kappa shape index (κ2) is 4.78. The van der Waals surface area contributed by atoms with Crippen LogP contribution in [0, 0.1) is 0 Å². The monoisotopic (exact) mass is 231 g/mol. The van der Waals surface area contributed by atoms with Gasteiger partial charge in [-0.2, -0.15) is 0 Å². The Hall–Kier alpha value is -2.17. The summed E-state index contributed by atoms with van der Waals surface area (Å²) in [5.74, 6) is 1.50. The molecule has 0 aliphatic rings. The Morgan fingerprint density at radius 2 is 2.06 bits per heavy atom. The van der Waals surface area contributed by atoms with Crippen molar-refractivity contribution < 1.29 is 9.53 Å². The second-order valence-corrected chi connectivity index (χ2v) is 3.73. The van der Waals surface area contributed by atoms with Gasteiger partial charge in [-0.15, -0.1) is 10.2 Å². The fourth-order valence-corrected chi connectivity index (χ4v) is 1.37. The zero-order valence-electron chi connectivity index (χ0n) is 9.75. The Morgan fingerprint density at radius 1 is 1.35 bits per heavy atom. The molecular formula is C12H13N3O2. The lowest BCUT2D eigenvalue weighted by molar-refractivity contribution is 0.101. The quantitative estimate of drug-likeness (QED) is 0.750. The van der Waals surface area contributed by atoms with Crippen LogP contribution in [-0.4, -0.2) is 20.5 Å². The van der Waals surface area contributed by atoms with Crippen LogP contribution < -0.4 is 4.74 Å². The van der Waals surface area contributed by atoms with Crippen molar-refractivity contribution in [3.8, 4) is 5.75 Å². The lowest BCUT2D eigenvalue weighted by Gasteiger charge is -2.05. The van der Waals surface area contributed by atoms with Crippen molar-refractivity contribution in [2.45, 2.75) is 13.5 Å². The highest BCUT2D eigenvalue weighted by atomic mass is 16.5. The highest BCUT2D eigenvalue weighted by molar-refractivity contribution is 5.94. The minimum Gasteiger partial charge on any atom is -0.486 e. The van der Waals surface area contributed by atoms with E-state index in [0.717, 1.165) is 5.82 Å². The fourth-order valence-electron chi connectivity index (χ4n) is 1.37. The van der Waals surface area contributed by atoms with E-state index in [-0.39, 0.29) is 5.78 Å². The number of carbonyl (C=O) groups is 1. The Kier molecular flexibility index (Phi) is 3.18. The Morgan fingerprint density at radius 3 is 2.59 bits per heavy atom. The molecule has 0 spiro atoms. The lowest BCUT2D eigenvalue weighted by Crippen LogP contribution is -2.03. The maximum Gasteiger partial charge on any atom is 0.170 e. The van der Waals surface area contributed by atoms with Crippen LogP contribution >= 0.6 is 0 Å². The van der Waals surface area contributed by atoms with Gasteiger partial charge in [0.25, 0.3) is 0 Å². The highest BCUT2D eigenvalue weighted by Gasteiger charge is 2.03. The molecule has 5 heteroatoms. The molecule has 1 aromatic carbocycles. The van der Waals surface area contributed by atoms with E-state index in [9.17, 15) is 4.79 Å². The normalized spacial score (nSPS) is 10.2. The molecule has 5 nitrogen and oxygen atoms in total. The van der Waals surface area contributed by atoms with E-state index in [1.54, 1.807) is 35.2 Å². The fraction of sp³-hybridized carbons (Fsp3) is 0.250. The summed E-state index contributed by atoms with van der Waals surface area (Å²) in [6.45, 7) is 1.89. The summed E-state index contributed by atoms with van der Waals surface area (Å²) in [5, 5.41) is 7.67. The first-order chi connectivity index (χ1) is 8.16. The molecular weight excluding hydrogens is 218 g/mol. The van der Waals surface area contributed by atoms with E-state index in [1.165, 1.54) is 6.92 Å². The standard InChI is InChI=1S/C12H13N3O2/c1-9(16)10-3-5-11(6-4-10)17-7-12-14-13-8-15(12)2/h3-6,8H,7H2,1-2H3. The summed E-state index contributed by atoms with van der Waals surface area (Å²) in [6.07, 6.45) is 1.62. The number of carbonyl (C=O) groups excluding carboxylic acids is 1. The van der Waals surface area contributed by atoms with E-state index in [1.807, 2.05) is 7.05 Å². The van der Waals surface area contributed by atoms with Crippen LogP contribution in [0.2, 0.25) is 0 Å². The van der Waals surface area contributed by atoms with E-state index in [2.05, 4.69) is 10.2 Å². The smallest absolute Gasteiger partial charge is 0.170 e. The van der Waals surface area contributed by atoms with Gasteiger partial charge in [-0.25, -0.2) is 0 Å². The molecule has 0 atom stereocenters. The SMILES string of the molecule is CC(=O)c1ccc(OCc2nncn2C)cc1. The number of hydrogen-bond donors (Lipinski definition) is 0. The summed E-state index contributed by atoms with van der Waals surface area (Å²) in [5.41, 5.74) is 0.677. The molecule has 0 saturated heterocycles. The number of ether oxygens (including phenoxy) is 1. The van der Waals surface area contributed by atoms with Gasteiger partial charge < -0.3 is 9.30 Å². The molecule has 0 radical (unpaired) electrons. The maximum absolute atomic E-state index is 11.1. The first-order valence-electron chi connectivity index (χ1n) is 5.23. The third-order valence-electron chi connectivity index (χ3n) is 2.43. The van der Waals surface area contributed by atoms with Crippen molar-refractivity contribution in [1.82, 2.24) is 14.8 Å². The Labute approximate surface area is 99.1 Å². The van der Waals surface area contributed by atoms with Gasteiger partial charge in [0.2, 0.25) is 0 Å². The average molecular weight is 231 g/mol. The number of ketones is 1. The number of hydrogen-bond acceptors (Lipinski definition) is 4. The lowest BCUT2D eigenvalue weighted by atomic mass is 10.1. The van der Waals surface area contributed by atoms with E-state index in [0.29, 0.717) is 17.9 Å². The average Bonchev–Trinajstić information content (AvgIpc) is 2.73. The second-order valence-electron chi connectivity index (χ2n) is 3.73. The maximum atomic E-state index is 11.1. The first kappa shape index (κ1) is 11.3. The number of aromatic nitrogens is 3. The zero-order valence-corrected chi connectivity index (χ0v) is 9.75. The molecule has 0 fully saturated rings. The molecule has 88 valence electrons. The van der Waals surface area contributed by atoms with Gasteiger partial charge in [-0.1, -0.05) is 0 Å². The minimum absolute atomic E-state index is 0.0462. The van der Waals surface area contributed by atoms with Gasteiger partial charge in [0.1, 0.15) is 18.7 Å². The van der Waals surface area contributed by atoms with Crippen molar-refractivity contribution in [1.29, 1.82) is 0 Å². The Balaban J connectivity index is 2.00. The summed E-state index contributed by atoms with van der Waals surface area (Å²) in [7, 11) is 1.86. The minimum atomic E-state index is 0.0462. The van der Waals surface area contributed by atoms with Crippen LogP contribution in [0.15, 0.2) is 30.6 Å². The van der Waals surface area contributed by atoms with Gasteiger partial charge in [-0.3, -0.25) is 4.79 Å². The molecule has 0 N–H and O–H groups in total. The number of Topliss-reactive ketones (excluding diaryl/α,β-unsaturated/α-hetero) is 1. The molecule has 1 aromatic heterocycles. The van der Waals surface area contributed by atoms with Crippen LogP contribution in [0.25, 0.3) is 0 Å². The summed E-state index contributed by atoms with van der Waals surface area (Å²) >= 11 is 0. The number of aryl methyl sites for hydroxylation is 1. The van der Waals surface area contributed by atoms with Crippen LogP contribution in [0.4, 0.5) is 0 Å². The van der Waals surface area contributed by atoms with Gasteiger partial charge in [-0.05, 0) is 31.2 Å². The molecule has 1 heterocycles. The van der Waals surface area contributed by atoms with Crippen LogP contribution in [0.3, 0.4) is 0 Å². The third kappa shape index (κ3) is 2.69. The topological polar surface area (TPSA) is 57.0 Å². The largest absolute Gasteiger partial charge is 0.486 e. The summed E-state index contributed by atoms with van der Waals surface area (Å²) in [6, 6.07) is 7.03. The molecule has 0 amide bonds. The van der Waals surface area contributed by atoms with Gasteiger partial charge >= 0.3 is 0 Å². The number of benzene rings is 1. The summed E-state index contributed by atoms with van der Waals surface area (Å²) < 4.78 is 7.33. The molecule has 17 heavy (non-hydrogen) atoms. The molecule has 0 bridgehead atoms. The third-order valence-corrected chi connectivity index (χ3v) is 2.43. The van der Waals surface area contributed by atoms with Crippen molar-refractivity contribution in [2.24, 2.45) is 7.05 Å². The highest BCUT2D eigenvalue weighted by Crippen LogP contribution is 2.13. The zero-order chi connectivity index (χ0) is 12.3. The predicted molar refractivity (Wildman–Crippen MR) is 61.8 cm³/mol. The van der Waals surface area contributed by atoms with Crippen molar-refractivity contribution in [2.75, 3.05) is 0 Å². The van der Waals surface area contributed by atoms with E-state index < -0.39 is 0 Å². The van der Waals surface area contributed by atoms with Crippen molar-refractivity contribution in [3.63, 3.8) is 0 Å². The molecule has 2 rings (SSSR count). The van der Waals surface area contributed by atoms with Gasteiger partial charge in [0.05, 0.1) is 0 Å². The number of rotatable bonds is 4. The molecule has 0 aliphatic carbocycles. The van der Waals surface area contributed by atoms with Gasteiger partial charge in [0, 0.05) is 12.6 Å². The predicted octanol–water partition coefficient (Wildman–Crippen LogP) is 1.60. The summed E-state index contributed by atoms with van der Waals surface area (Å²) in [4.78, 5) is 11.1. The number of nitrogens with zero attached hydrogens (tertiary/aromatic N) is 3. The van der Waals surface area contributed by atoms with Crippen LogP contribution in [0.1, 0.15) is 23.1 Å².